The maximum absolute atomic E-state index is 10.9. The minimum absolute atomic E-state index is 0.0833. The fourth-order valence-corrected chi connectivity index (χ4v) is 1.60. The number of anilines is 2. The van der Waals surface area contributed by atoms with Crippen molar-refractivity contribution in [1.82, 2.24) is 0 Å². The van der Waals surface area contributed by atoms with Gasteiger partial charge in [0.25, 0.3) is 5.69 Å². The molecular weight excluding hydrogens is 246 g/mol. The number of ether oxygens (including phenoxy) is 1. The summed E-state index contributed by atoms with van der Waals surface area (Å²) < 4.78 is 5.22. The second-order valence-corrected chi connectivity index (χ2v) is 4.08. The van der Waals surface area contributed by atoms with E-state index in [-0.39, 0.29) is 10.6 Å². The van der Waals surface area contributed by atoms with Crippen LogP contribution in [0.4, 0.5) is 17.1 Å². The zero-order valence-corrected chi connectivity index (χ0v) is 11.4. The molecular formula is C13H21N3O3. The summed E-state index contributed by atoms with van der Waals surface area (Å²) in [4.78, 5) is 10.5. The fourth-order valence-electron chi connectivity index (χ4n) is 1.60. The largest absolute Gasteiger partial charge is 0.385 e. The van der Waals surface area contributed by atoms with Crippen molar-refractivity contribution in [3.05, 3.63) is 28.3 Å². The minimum atomic E-state index is -0.384. The molecule has 0 aliphatic rings. The number of nitrogens with zero attached hydrogens (tertiary/aromatic N) is 1. The first-order valence-electron chi connectivity index (χ1n) is 6.52. The Morgan fingerprint density at radius 1 is 1.16 bits per heavy atom. The summed E-state index contributed by atoms with van der Waals surface area (Å²) in [5.41, 5.74) is 1.57. The van der Waals surface area contributed by atoms with Crippen molar-refractivity contribution in [2.24, 2.45) is 0 Å². The number of benzene rings is 1. The molecule has 1 aromatic carbocycles. The third-order valence-electron chi connectivity index (χ3n) is 2.49. The van der Waals surface area contributed by atoms with Crippen LogP contribution in [0.5, 0.6) is 0 Å². The van der Waals surface area contributed by atoms with Gasteiger partial charge in [0.05, 0.1) is 11.5 Å². The molecule has 0 radical (unpaired) electrons. The van der Waals surface area contributed by atoms with Crippen LogP contribution in [0, 0.1) is 10.1 Å². The van der Waals surface area contributed by atoms with Crippen LogP contribution >= 0.6 is 0 Å². The maximum atomic E-state index is 10.9. The fraction of sp³-hybridized carbons (Fsp3) is 0.538. The normalized spacial score (nSPS) is 10.2. The summed E-state index contributed by atoms with van der Waals surface area (Å²) in [5, 5.41) is 17.2. The lowest BCUT2D eigenvalue weighted by Gasteiger charge is -2.10. The third kappa shape index (κ3) is 5.56. The van der Waals surface area contributed by atoms with Gasteiger partial charge >= 0.3 is 0 Å². The predicted octanol–water partition coefficient (Wildman–Crippen LogP) is 2.87. The van der Waals surface area contributed by atoms with Gasteiger partial charge in [-0.2, -0.15) is 0 Å². The molecule has 0 atom stereocenters. The standard InChI is InChI=1S/C13H21N3O3/c1-3-5-14-11-8-12(15-6-7-19-4-2)10-13(9-11)16(17)18/h8-10,14-15H,3-7H2,1-2H3. The lowest BCUT2D eigenvalue weighted by molar-refractivity contribution is -0.384. The van der Waals surface area contributed by atoms with E-state index in [0.29, 0.717) is 19.8 Å². The SMILES string of the molecule is CCCNc1cc(NCCOCC)cc([N+](=O)[O-])c1. The van der Waals surface area contributed by atoms with E-state index in [2.05, 4.69) is 10.6 Å². The van der Waals surface area contributed by atoms with Gasteiger partial charge in [-0.05, 0) is 19.4 Å². The second kappa shape index (κ2) is 8.31. The zero-order chi connectivity index (χ0) is 14.1. The Labute approximate surface area is 113 Å². The van der Waals surface area contributed by atoms with Crippen molar-refractivity contribution < 1.29 is 9.66 Å². The molecule has 0 heterocycles. The predicted molar refractivity (Wildman–Crippen MR) is 76.9 cm³/mol. The number of rotatable bonds is 9. The Hall–Kier alpha value is -1.82. The Balaban J connectivity index is 2.72. The van der Waals surface area contributed by atoms with E-state index in [1.807, 2.05) is 19.9 Å². The molecule has 1 aromatic rings. The van der Waals surface area contributed by atoms with Crippen molar-refractivity contribution in [3.63, 3.8) is 0 Å². The number of hydrogen-bond donors (Lipinski definition) is 2. The smallest absolute Gasteiger partial charge is 0.273 e. The number of nitrogens with one attached hydrogen (secondary N) is 2. The van der Waals surface area contributed by atoms with E-state index in [4.69, 9.17) is 4.74 Å². The van der Waals surface area contributed by atoms with E-state index < -0.39 is 0 Å². The van der Waals surface area contributed by atoms with Crippen LogP contribution in [0.15, 0.2) is 18.2 Å². The highest BCUT2D eigenvalue weighted by Gasteiger charge is 2.09. The third-order valence-corrected chi connectivity index (χ3v) is 2.49. The summed E-state index contributed by atoms with van der Waals surface area (Å²) in [6.45, 7) is 6.64. The minimum Gasteiger partial charge on any atom is -0.385 e. The van der Waals surface area contributed by atoms with Crippen LogP contribution in [0.25, 0.3) is 0 Å². The molecule has 106 valence electrons. The van der Waals surface area contributed by atoms with Gasteiger partial charge in [0.2, 0.25) is 0 Å². The van der Waals surface area contributed by atoms with Crippen LogP contribution in [0.1, 0.15) is 20.3 Å². The van der Waals surface area contributed by atoms with E-state index in [1.165, 1.54) is 6.07 Å². The lowest BCUT2D eigenvalue weighted by atomic mass is 10.2. The molecule has 0 saturated heterocycles. The van der Waals surface area contributed by atoms with Crippen LogP contribution in [0.2, 0.25) is 0 Å². The summed E-state index contributed by atoms with van der Waals surface area (Å²) in [6.07, 6.45) is 0.968. The molecule has 0 saturated carbocycles. The van der Waals surface area contributed by atoms with E-state index in [1.54, 1.807) is 6.07 Å². The Bertz CT molecular complexity index is 410. The van der Waals surface area contributed by atoms with Gasteiger partial charge in [0.1, 0.15) is 0 Å². The van der Waals surface area contributed by atoms with Crippen molar-refractivity contribution in [2.75, 3.05) is 36.9 Å². The van der Waals surface area contributed by atoms with E-state index >= 15 is 0 Å². The number of hydrogen-bond acceptors (Lipinski definition) is 5. The molecule has 0 amide bonds. The summed E-state index contributed by atoms with van der Waals surface area (Å²) in [5.74, 6) is 0. The molecule has 0 unspecified atom stereocenters. The number of nitro benzene ring substituents is 1. The van der Waals surface area contributed by atoms with Gasteiger partial charge < -0.3 is 15.4 Å². The first kappa shape index (κ1) is 15.2. The Morgan fingerprint density at radius 2 is 1.79 bits per heavy atom. The Kier molecular flexibility index (Phi) is 6.67. The highest BCUT2D eigenvalue weighted by molar-refractivity contribution is 5.63. The quantitative estimate of drug-likeness (QED) is 0.409. The molecule has 6 nitrogen and oxygen atoms in total. The van der Waals surface area contributed by atoms with Gasteiger partial charge in [0.15, 0.2) is 0 Å². The molecule has 19 heavy (non-hydrogen) atoms. The van der Waals surface area contributed by atoms with Gasteiger partial charge in [0, 0.05) is 43.2 Å². The topological polar surface area (TPSA) is 76.4 Å². The number of non-ortho nitro benzene ring substituents is 1. The highest BCUT2D eigenvalue weighted by Crippen LogP contribution is 2.24. The average Bonchev–Trinajstić information content (AvgIpc) is 2.41. The van der Waals surface area contributed by atoms with Gasteiger partial charge in [-0.25, -0.2) is 0 Å². The molecule has 0 aliphatic heterocycles. The van der Waals surface area contributed by atoms with E-state index in [0.717, 1.165) is 24.3 Å². The van der Waals surface area contributed by atoms with Gasteiger partial charge in [-0.15, -0.1) is 0 Å². The monoisotopic (exact) mass is 267 g/mol. The molecule has 0 spiro atoms. The first-order valence-corrected chi connectivity index (χ1v) is 6.52. The van der Waals surface area contributed by atoms with Crippen molar-refractivity contribution in [1.29, 1.82) is 0 Å². The first-order chi connectivity index (χ1) is 9.17. The number of nitro groups is 1. The molecule has 6 heteroatoms. The molecule has 2 N–H and O–H groups in total. The van der Waals surface area contributed by atoms with Crippen LogP contribution in [-0.2, 0) is 4.74 Å². The molecule has 1 rings (SSSR count). The molecule has 0 aromatic heterocycles. The van der Waals surface area contributed by atoms with Gasteiger partial charge in [-0.1, -0.05) is 6.92 Å². The van der Waals surface area contributed by atoms with Gasteiger partial charge in [-0.3, -0.25) is 10.1 Å². The van der Waals surface area contributed by atoms with Crippen LogP contribution in [-0.4, -0.2) is 31.2 Å². The van der Waals surface area contributed by atoms with Crippen molar-refractivity contribution in [2.45, 2.75) is 20.3 Å². The van der Waals surface area contributed by atoms with Crippen LogP contribution in [0.3, 0.4) is 0 Å². The summed E-state index contributed by atoms with van der Waals surface area (Å²) in [6, 6.07) is 4.95. The summed E-state index contributed by atoms with van der Waals surface area (Å²) >= 11 is 0. The van der Waals surface area contributed by atoms with Crippen LogP contribution < -0.4 is 10.6 Å². The van der Waals surface area contributed by atoms with Crippen molar-refractivity contribution >= 4 is 17.1 Å². The average molecular weight is 267 g/mol. The zero-order valence-electron chi connectivity index (χ0n) is 11.4. The lowest BCUT2D eigenvalue weighted by Crippen LogP contribution is -2.10. The maximum Gasteiger partial charge on any atom is 0.273 e. The van der Waals surface area contributed by atoms with Crippen molar-refractivity contribution in [3.8, 4) is 0 Å². The highest BCUT2D eigenvalue weighted by atomic mass is 16.6. The Morgan fingerprint density at radius 3 is 2.32 bits per heavy atom. The molecule has 0 aliphatic carbocycles. The summed E-state index contributed by atoms with van der Waals surface area (Å²) in [7, 11) is 0. The molecule has 0 bridgehead atoms. The van der Waals surface area contributed by atoms with E-state index in [9.17, 15) is 10.1 Å². The second-order valence-electron chi connectivity index (χ2n) is 4.08. The molecule has 0 fully saturated rings.